The Hall–Kier alpha value is -2.94. The molecular formula is C20H28N6O3. The van der Waals surface area contributed by atoms with Crippen LogP contribution in [0.25, 0.3) is 5.69 Å². The van der Waals surface area contributed by atoms with Crippen molar-refractivity contribution in [2.45, 2.75) is 26.4 Å². The van der Waals surface area contributed by atoms with Gasteiger partial charge in [-0.2, -0.15) is 9.90 Å². The molecule has 1 aromatic carbocycles. The van der Waals surface area contributed by atoms with Crippen LogP contribution in [-0.4, -0.2) is 81.7 Å². The summed E-state index contributed by atoms with van der Waals surface area (Å²) < 4.78 is 5.40. The van der Waals surface area contributed by atoms with Crippen LogP contribution in [0.15, 0.2) is 36.5 Å². The summed E-state index contributed by atoms with van der Waals surface area (Å²) >= 11 is 0. The molecule has 0 atom stereocenters. The number of nitrogens with one attached hydrogen (secondary N) is 1. The fourth-order valence-electron chi connectivity index (χ4n) is 2.95. The van der Waals surface area contributed by atoms with Gasteiger partial charge in [-0.1, -0.05) is 18.2 Å². The van der Waals surface area contributed by atoms with Gasteiger partial charge in [0, 0.05) is 39.3 Å². The Morgan fingerprint density at radius 3 is 2.45 bits per heavy atom. The molecule has 1 N–H and O–H groups in total. The SMILES string of the molecule is CC(C)(C)OC(=O)N1CCN(CCNC(=O)c2cnn(-c3ccccc3)n2)CC1. The number of ether oxygens (including phenoxy) is 1. The van der Waals surface area contributed by atoms with Crippen LogP contribution in [0, 0.1) is 0 Å². The molecule has 3 rings (SSSR count). The normalized spacial score (nSPS) is 15.2. The standard InChI is InChI=1S/C20H28N6O3/c1-20(2,3)29-19(28)25-13-11-24(12-14-25)10-9-21-18(27)17-15-22-26(23-17)16-7-5-4-6-8-16/h4-8,15H,9-14H2,1-3H3,(H,21,27). The van der Waals surface area contributed by atoms with E-state index in [2.05, 4.69) is 20.4 Å². The van der Waals surface area contributed by atoms with Crippen molar-refractivity contribution in [3.8, 4) is 5.69 Å². The van der Waals surface area contributed by atoms with Crippen LogP contribution in [0.5, 0.6) is 0 Å². The van der Waals surface area contributed by atoms with Gasteiger partial charge in [-0.05, 0) is 32.9 Å². The number of carbonyl (C=O) groups is 2. The zero-order chi connectivity index (χ0) is 20.9. The second kappa shape index (κ2) is 9.04. The van der Waals surface area contributed by atoms with Crippen molar-refractivity contribution in [1.82, 2.24) is 30.1 Å². The average Bonchev–Trinajstić information content (AvgIpc) is 3.18. The zero-order valence-electron chi connectivity index (χ0n) is 17.2. The Bertz CT molecular complexity index is 822. The van der Waals surface area contributed by atoms with E-state index in [1.165, 1.54) is 11.0 Å². The molecule has 0 spiro atoms. The maximum absolute atomic E-state index is 12.3. The topological polar surface area (TPSA) is 92.6 Å². The average molecular weight is 400 g/mol. The number of benzene rings is 1. The first-order chi connectivity index (χ1) is 13.8. The summed E-state index contributed by atoms with van der Waals surface area (Å²) in [4.78, 5) is 29.8. The zero-order valence-corrected chi connectivity index (χ0v) is 17.2. The summed E-state index contributed by atoms with van der Waals surface area (Å²) in [7, 11) is 0. The van der Waals surface area contributed by atoms with Crippen molar-refractivity contribution in [3.63, 3.8) is 0 Å². The summed E-state index contributed by atoms with van der Waals surface area (Å²) in [6.45, 7) is 9.54. The molecule has 1 aliphatic heterocycles. The van der Waals surface area contributed by atoms with Gasteiger partial charge in [-0.3, -0.25) is 9.69 Å². The minimum Gasteiger partial charge on any atom is -0.444 e. The lowest BCUT2D eigenvalue weighted by Crippen LogP contribution is -2.51. The highest BCUT2D eigenvalue weighted by Gasteiger charge is 2.25. The van der Waals surface area contributed by atoms with Gasteiger partial charge in [0.25, 0.3) is 5.91 Å². The van der Waals surface area contributed by atoms with Gasteiger partial charge in [0.15, 0.2) is 5.69 Å². The van der Waals surface area contributed by atoms with E-state index >= 15 is 0 Å². The molecule has 2 heterocycles. The number of amides is 2. The molecule has 0 saturated carbocycles. The first-order valence-electron chi connectivity index (χ1n) is 9.78. The van der Waals surface area contributed by atoms with E-state index in [0.29, 0.717) is 26.2 Å². The lowest BCUT2D eigenvalue weighted by molar-refractivity contribution is 0.0147. The number of aromatic nitrogens is 3. The largest absolute Gasteiger partial charge is 0.444 e. The lowest BCUT2D eigenvalue weighted by atomic mass is 10.2. The van der Waals surface area contributed by atoms with Crippen LogP contribution in [-0.2, 0) is 4.74 Å². The third-order valence-electron chi connectivity index (χ3n) is 4.45. The molecule has 29 heavy (non-hydrogen) atoms. The molecule has 0 radical (unpaired) electrons. The second-order valence-electron chi connectivity index (χ2n) is 7.92. The Morgan fingerprint density at radius 1 is 1.10 bits per heavy atom. The fourth-order valence-corrected chi connectivity index (χ4v) is 2.95. The van der Waals surface area contributed by atoms with Crippen LogP contribution < -0.4 is 5.32 Å². The third kappa shape index (κ3) is 6.02. The van der Waals surface area contributed by atoms with E-state index < -0.39 is 5.60 Å². The summed E-state index contributed by atoms with van der Waals surface area (Å²) in [5, 5.41) is 11.2. The summed E-state index contributed by atoms with van der Waals surface area (Å²) in [5.41, 5.74) is 0.596. The van der Waals surface area contributed by atoms with Crippen LogP contribution in [0.1, 0.15) is 31.3 Å². The summed E-state index contributed by atoms with van der Waals surface area (Å²) in [6, 6.07) is 9.44. The maximum Gasteiger partial charge on any atom is 0.410 e. The van der Waals surface area contributed by atoms with Crippen LogP contribution in [0.4, 0.5) is 4.79 Å². The molecule has 0 aliphatic carbocycles. The molecule has 9 heteroatoms. The van der Waals surface area contributed by atoms with Gasteiger partial charge in [-0.25, -0.2) is 4.79 Å². The minimum atomic E-state index is -0.485. The van der Waals surface area contributed by atoms with Crippen LogP contribution >= 0.6 is 0 Å². The first kappa shape index (κ1) is 20.8. The summed E-state index contributed by atoms with van der Waals surface area (Å²) in [5.74, 6) is -0.250. The Kier molecular flexibility index (Phi) is 6.48. The molecule has 2 amide bonds. The number of nitrogens with zero attached hydrogens (tertiary/aromatic N) is 5. The Morgan fingerprint density at radius 2 is 1.79 bits per heavy atom. The first-order valence-corrected chi connectivity index (χ1v) is 9.78. The molecule has 1 aliphatic rings. The van der Waals surface area contributed by atoms with E-state index in [9.17, 15) is 9.59 Å². The highest BCUT2D eigenvalue weighted by Crippen LogP contribution is 2.11. The quantitative estimate of drug-likeness (QED) is 0.819. The number of piperazine rings is 1. The molecule has 1 aromatic heterocycles. The van der Waals surface area contributed by atoms with Crippen molar-refractivity contribution in [3.05, 3.63) is 42.2 Å². The van der Waals surface area contributed by atoms with E-state index in [4.69, 9.17) is 4.74 Å². The van der Waals surface area contributed by atoms with Gasteiger partial charge >= 0.3 is 6.09 Å². The van der Waals surface area contributed by atoms with Crippen molar-refractivity contribution >= 4 is 12.0 Å². The minimum absolute atomic E-state index is 0.250. The van der Waals surface area contributed by atoms with Crippen molar-refractivity contribution in [1.29, 1.82) is 0 Å². The van der Waals surface area contributed by atoms with E-state index in [0.717, 1.165) is 18.8 Å². The van der Waals surface area contributed by atoms with E-state index in [1.807, 2.05) is 51.1 Å². The maximum atomic E-state index is 12.3. The molecular weight excluding hydrogens is 372 g/mol. The van der Waals surface area contributed by atoms with Gasteiger partial charge < -0.3 is 15.0 Å². The molecule has 0 unspecified atom stereocenters. The number of hydrogen-bond acceptors (Lipinski definition) is 6. The highest BCUT2D eigenvalue weighted by molar-refractivity contribution is 5.91. The van der Waals surface area contributed by atoms with Crippen molar-refractivity contribution in [2.75, 3.05) is 39.3 Å². The van der Waals surface area contributed by atoms with Crippen LogP contribution in [0.2, 0.25) is 0 Å². The molecule has 9 nitrogen and oxygen atoms in total. The highest BCUT2D eigenvalue weighted by atomic mass is 16.6. The molecule has 156 valence electrons. The molecule has 0 bridgehead atoms. The van der Waals surface area contributed by atoms with Crippen molar-refractivity contribution < 1.29 is 14.3 Å². The summed E-state index contributed by atoms with van der Waals surface area (Å²) in [6.07, 6.45) is 1.19. The number of rotatable bonds is 5. The Labute approximate surface area is 170 Å². The van der Waals surface area contributed by atoms with E-state index in [-0.39, 0.29) is 17.7 Å². The number of hydrogen-bond donors (Lipinski definition) is 1. The van der Waals surface area contributed by atoms with Gasteiger partial charge in [0.2, 0.25) is 0 Å². The number of carbonyl (C=O) groups excluding carboxylic acids is 2. The predicted molar refractivity (Wildman–Crippen MR) is 108 cm³/mol. The Balaban J connectivity index is 1.39. The fraction of sp³-hybridized carbons (Fsp3) is 0.500. The lowest BCUT2D eigenvalue weighted by Gasteiger charge is -2.35. The van der Waals surface area contributed by atoms with Crippen molar-refractivity contribution in [2.24, 2.45) is 0 Å². The van der Waals surface area contributed by atoms with Gasteiger partial charge in [0.05, 0.1) is 11.9 Å². The monoisotopic (exact) mass is 400 g/mol. The smallest absolute Gasteiger partial charge is 0.410 e. The third-order valence-corrected chi connectivity index (χ3v) is 4.45. The van der Waals surface area contributed by atoms with Crippen LogP contribution in [0.3, 0.4) is 0 Å². The molecule has 1 fully saturated rings. The van der Waals surface area contributed by atoms with Gasteiger partial charge in [-0.15, -0.1) is 5.10 Å². The number of para-hydroxylation sites is 1. The molecule has 2 aromatic rings. The van der Waals surface area contributed by atoms with Gasteiger partial charge in [0.1, 0.15) is 5.60 Å². The predicted octanol–water partition coefficient (Wildman–Crippen LogP) is 1.55. The molecule has 1 saturated heterocycles. The van der Waals surface area contributed by atoms with E-state index in [1.54, 1.807) is 4.90 Å². The second-order valence-corrected chi connectivity index (χ2v) is 7.92.